The molecule has 2 aliphatic rings. The fraction of sp³-hybridized carbons (Fsp3) is 0.381. The first-order valence-electron chi connectivity index (χ1n) is 9.21. The normalized spacial score (nSPS) is 23.2. The van der Waals surface area contributed by atoms with E-state index in [-0.39, 0.29) is 17.2 Å². The van der Waals surface area contributed by atoms with Gasteiger partial charge in [-0.3, -0.25) is 9.69 Å². The minimum absolute atomic E-state index is 0.0332. The Kier molecular flexibility index (Phi) is 5.38. The average molecular weight is 385 g/mol. The van der Waals surface area contributed by atoms with Crippen LogP contribution < -0.4 is 9.64 Å². The number of carbonyl (C=O) groups is 1. The smallest absolute Gasteiger partial charge is 0.242 e. The number of morpholine rings is 1. The summed E-state index contributed by atoms with van der Waals surface area (Å²) < 4.78 is 10.6. The number of hydrogen-bond donors (Lipinski definition) is 1. The fourth-order valence-electron chi connectivity index (χ4n) is 3.67. The number of amides is 1. The molecule has 0 aromatic heterocycles. The molecule has 4 rings (SSSR count). The van der Waals surface area contributed by atoms with E-state index in [1.807, 2.05) is 29.2 Å². The topological polar surface area (TPSA) is 42.0 Å². The SMILES string of the molecule is COc1ccc(N2C(=O)C(S)[C@H]2c2ccc(CN3CCOCC3)cc2)cc1. The van der Waals surface area contributed by atoms with Crippen LogP contribution in [0.25, 0.3) is 0 Å². The highest BCUT2D eigenvalue weighted by molar-refractivity contribution is 7.82. The Morgan fingerprint density at radius 1 is 1.07 bits per heavy atom. The third-order valence-corrected chi connectivity index (χ3v) is 5.75. The van der Waals surface area contributed by atoms with Crippen LogP contribution in [0.1, 0.15) is 17.2 Å². The number of hydrogen-bond acceptors (Lipinski definition) is 5. The number of nitrogens with zero attached hydrogens (tertiary/aromatic N) is 2. The summed E-state index contributed by atoms with van der Waals surface area (Å²) in [6, 6.07) is 16.1. The van der Waals surface area contributed by atoms with Gasteiger partial charge < -0.3 is 14.4 Å². The Bertz CT molecular complexity index is 788. The van der Waals surface area contributed by atoms with E-state index >= 15 is 0 Å². The summed E-state index contributed by atoms with van der Waals surface area (Å²) in [6.07, 6.45) is 0. The van der Waals surface area contributed by atoms with Crippen molar-refractivity contribution in [2.75, 3.05) is 38.3 Å². The minimum atomic E-state index is -0.308. The summed E-state index contributed by atoms with van der Waals surface area (Å²) in [5.41, 5.74) is 3.25. The maximum Gasteiger partial charge on any atom is 0.242 e. The second-order valence-electron chi connectivity index (χ2n) is 6.93. The molecule has 0 radical (unpaired) electrons. The Morgan fingerprint density at radius 2 is 1.74 bits per heavy atom. The van der Waals surface area contributed by atoms with E-state index in [0.717, 1.165) is 49.8 Å². The molecule has 0 aliphatic carbocycles. The van der Waals surface area contributed by atoms with Gasteiger partial charge in [-0.1, -0.05) is 24.3 Å². The summed E-state index contributed by atoms with van der Waals surface area (Å²) in [4.78, 5) is 16.6. The van der Waals surface area contributed by atoms with Crippen molar-refractivity contribution in [2.45, 2.75) is 17.8 Å². The van der Waals surface area contributed by atoms with E-state index < -0.39 is 0 Å². The van der Waals surface area contributed by atoms with Gasteiger partial charge in [-0.05, 0) is 35.4 Å². The monoisotopic (exact) mass is 384 g/mol. The molecule has 6 heteroatoms. The van der Waals surface area contributed by atoms with Crippen LogP contribution in [0.4, 0.5) is 5.69 Å². The van der Waals surface area contributed by atoms with Gasteiger partial charge >= 0.3 is 0 Å². The van der Waals surface area contributed by atoms with Crippen molar-refractivity contribution in [1.29, 1.82) is 0 Å². The number of benzene rings is 2. The molecule has 5 nitrogen and oxygen atoms in total. The number of ether oxygens (including phenoxy) is 2. The van der Waals surface area contributed by atoms with Gasteiger partial charge in [-0.15, -0.1) is 0 Å². The first-order valence-corrected chi connectivity index (χ1v) is 9.73. The first kappa shape index (κ1) is 18.3. The van der Waals surface area contributed by atoms with Crippen molar-refractivity contribution >= 4 is 24.2 Å². The van der Waals surface area contributed by atoms with Crippen LogP contribution in [-0.2, 0) is 16.1 Å². The van der Waals surface area contributed by atoms with Crippen LogP contribution in [0.3, 0.4) is 0 Å². The lowest BCUT2D eigenvalue weighted by atomic mass is 9.91. The van der Waals surface area contributed by atoms with E-state index in [2.05, 4.69) is 41.8 Å². The Hall–Kier alpha value is -2.02. The quantitative estimate of drug-likeness (QED) is 0.636. The zero-order valence-electron chi connectivity index (χ0n) is 15.4. The average Bonchev–Trinajstić information content (AvgIpc) is 2.73. The van der Waals surface area contributed by atoms with Crippen LogP contribution in [0.5, 0.6) is 5.75 Å². The molecular formula is C21H24N2O3S. The highest BCUT2D eigenvalue weighted by Crippen LogP contribution is 2.42. The van der Waals surface area contributed by atoms with Gasteiger partial charge in [-0.2, -0.15) is 12.6 Å². The molecule has 2 fully saturated rings. The van der Waals surface area contributed by atoms with Crippen molar-refractivity contribution in [3.8, 4) is 5.75 Å². The van der Waals surface area contributed by atoms with E-state index in [1.54, 1.807) is 7.11 Å². The number of thiol groups is 1. The first-order chi connectivity index (χ1) is 13.2. The van der Waals surface area contributed by atoms with Crippen molar-refractivity contribution in [1.82, 2.24) is 4.90 Å². The molecule has 142 valence electrons. The van der Waals surface area contributed by atoms with Crippen LogP contribution >= 0.6 is 12.6 Å². The number of anilines is 1. The van der Waals surface area contributed by atoms with Crippen molar-refractivity contribution in [3.05, 3.63) is 59.7 Å². The van der Waals surface area contributed by atoms with Gasteiger partial charge in [0.25, 0.3) is 0 Å². The highest BCUT2D eigenvalue weighted by Gasteiger charge is 2.46. The molecule has 0 N–H and O–H groups in total. The van der Waals surface area contributed by atoms with Gasteiger partial charge in [-0.25, -0.2) is 0 Å². The highest BCUT2D eigenvalue weighted by atomic mass is 32.1. The number of carbonyl (C=O) groups excluding carboxylic acids is 1. The van der Waals surface area contributed by atoms with Crippen LogP contribution in [0.2, 0.25) is 0 Å². The lowest BCUT2D eigenvalue weighted by Crippen LogP contribution is -2.56. The van der Waals surface area contributed by atoms with Gasteiger partial charge in [0.05, 0.1) is 26.4 Å². The number of methoxy groups -OCH3 is 1. The summed E-state index contributed by atoms with van der Waals surface area (Å²) in [5.74, 6) is 0.809. The molecule has 0 bridgehead atoms. The molecule has 2 aliphatic heterocycles. The van der Waals surface area contributed by atoms with Gasteiger partial charge in [0.1, 0.15) is 11.0 Å². The molecule has 2 saturated heterocycles. The standard InChI is InChI=1S/C21H24N2O3S/c1-25-18-8-6-17(7-9-18)23-19(20(27)21(23)24)16-4-2-15(3-5-16)14-22-10-12-26-13-11-22/h2-9,19-20,27H,10-14H2,1H3/t19-,20?/m1/s1. The van der Waals surface area contributed by atoms with E-state index in [4.69, 9.17) is 9.47 Å². The third kappa shape index (κ3) is 3.70. The molecule has 2 aromatic carbocycles. The van der Waals surface area contributed by atoms with E-state index in [0.29, 0.717) is 0 Å². The number of β-lactam (4-membered cyclic amide) rings is 1. The molecular weight excluding hydrogens is 360 g/mol. The predicted molar refractivity (Wildman–Crippen MR) is 109 cm³/mol. The summed E-state index contributed by atoms with van der Waals surface area (Å²) >= 11 is 4.53. The van der Waals surface area contributed by atoms with Crippen LogP contribution in [0.15, 0.2) is 48.5 Å². The molecule has 0 saturated carbocycles. The minimum Gasteiger partial charge on any atom is -0.497 e. The Balaban J connectivity index is 1.49. The molecule has 2 aromatic rings. The van der Waals surface area contributed by atoms with E-state index in [9.17, 15) is 4.79 Å². The molecule has 27 heavy (non-hydrogen) atoms. The largest absolute Gasteiger partial charge is 0.497 e. The molecule has 2 atom stereocenters. The van der Waals surface area contributed by atoms with Gasteiger partial charge in [0.15, 0.2) is 0 Å². The lowest BCUT2D eigenvalue weighted by molar-refractivity contribution is -0.123. The van der Waals surface area contributed by atoms with Crippen molar-refractivity contribution in [3.63, 3.8) is 0 Å². The zero-order chi connectivity index (χ0) is 18.8. The maximum atomic E-state index is 12.4. The summed E-state index contributed by atoms with van der Waals surface area (Å²) in [6.45, 7) is 4.49. The predicted octanol–water partition coefficient (Wildman–Crippen LogP) is 2.91. The Morgan fingerprint density at radius 3 is 2.37 bits per heavy atom. The molecule has 1 amide bonds. The molecule has 2 heterocycles. The van der Waals surface area contributed by atoms with Crippen LogP contribution in [0, 0.1) is 0 Å². The second kappa shape index (κ2) is 7.92. The second-order valence-corrected chi connectivity index (χ2v) is 7.48. The van der Waals surface area contributed by atoms with Gasteiger partial charge in [0, 0.05) is 25.3 Å². The zero-order valence-corrected chi connectivity index (χ0v) is 16.3. The lowest BCUT2D eigenvalue weighted by Gasteiger charge is -2.45. The fourth-order valence-corrected chi connectivity index (χ4v) is 4.10. The van der Waals surface area contributed by atoms with Crippen molar-refractivity contribution < 1.29 is 14.3 Å². The molecule has 1 unspecified atom stereocenters. The Labute approximate surface area is 165 Å². The molecule has 0 spiro atoms. The summed E-state index contributed by atoms with van der Waals surface area (Å²) in [5, 5.41) is -0.308. The maximum absolute atomic E-state index is 12.4. The van der Waals surface area contributed by atoms with Crippen LogP contribution in [-0.4, -0.2) is 49.5 Å². The third-order valence-electron chi connectivity index (χ3n) is 5.25. The van der Waals surface area contributed by atoms with Gasteiger partial charge in [0.2, 0.25) is 5.91 Å². The number of rotatable bonds is 5. The summed E-state index contributed by atoms with van der Waals surface area (Å²) in [7, 11) is 1.63. The van der Waals surface area contributed by atoms with Crippen molar-refractivity contribution in [2.24, 2.45) is 0 Å². The van der Waals surface area contributed by atoms with E-state index in [1.165, 1.54) is 5.56 Å².